The van der Waals surface area contributed by atoms with Gasteiger partial charge in [-0.05, 0) is 56.2 Å². The van der Waals surface area contributed by atoms with E-state index in [1.165, 1.54) is 38.1 Å². The lowest BCUT2D eigenvalue weighted by atomic mass is 10.3. The fourth-order valence-electron chi connectivity index (χ4n) is 3.12. The number of nitrogens with zero attached hydrogens (tertiary/aromatic N) is 2. The highest BCUT2D eigenvalue weighted by molar-refractivity contribution is 7.89. The van der Waals surface area contributed by atoms with E-state index in [0.717, 1.165) is 31.7 Å². The first kappa shape index (κ1) is 21.7. The monoisotopic (exact) mass is 431 g/mol. The van der Waals surface area contributed by atoms with Gasteiger partial charge in [-0.15, -0.1) is 0 Å². The molecule has 2 heterocycles. The van der Waals surface area contributed by atoms with Crippen LogP contribution in [0.15, 0.2) is 47.5 Å². The van der Waals surface area contributed by atoms with Crippen LogP contribution >= 0.6 is 0 Å². The predicted octanol–water partition coefficient (Wildman–Crippen LogP) is 1.95. The Bertz CT molecular complexity index is 1000. The molecule has 1 atom stereocenters. The van der Waals surface area contributed by atoms with Crippen molar-refractivity contribution in [3.8, 4) is 0 Å². The van der Waals surface area contributed by atoms with Gasteiger partial charge in [0.1, 0.15) is 5.82 Å². The van der Waals surface area contributed by atoms with Crippen LogP contribution in [-0.4, -0.2) is 44.3 Å². The highest BCUT2D eigenvalue weighted by Gasteiger charge is 2.22. The fraction of sp³-hybridized carbons (Fsp3) is 0.350. The number of benzene rings is 1. The lowest BCUT2D eigenvalue weighted by Gasteiger charge is -2.17. The zero-order valence-electron chi connectivity index (χ0n) is 16.9. The molecular weight excluding hydrogens is 406 g/mol. The van der Waals surface area contributed by atoms with E-state index in [0.29, 0.717) is 11.4 Å². The van der Waals surface area contributed by atoms with Crippen molar-refractivity contribution < 1.29 is 18.0 Å². The van der Waals surface area contributed by atoms with Gasteiger partial charge in [-0.3, -0.25) is 9.59 Å². The third kappa shape index (κ3) is 5.55. The molecule has 3 rings (SSSR count). The van der Waals surface area contributed by atoms with Crippen molar-refractivity contribution in [2.75, 3.05) is 28.6 Å². The topological polar surface area (TPSA) is 120 Å². The Morgan fingerprint density at radius 3 is 2.20 bits per heavy atom. The molecule has 0 spiro atoms. The van der Waals surface area contributed by atoms with E-state index in [4.69, 9.17) is 0 Å². The molecule has 0 saturated carbocycles. The van der Waals surface area contributed by atoms with Crippen LogP contribution in [0.2, 0.25) is 0 Å². The van der Waals surface area contributed by atoms with Crippen molar-refractivity contribution in [2.24, 2.45) is 0 Å². The van der Waals surface area contributed by atoms with Crippen LogP contribution < -0.4 is 20.3 Å². The Hall–Kier alpha value is -2.98. The first-order valence-electron chi connectivity index (χ1n) is 9.66. The molecule has 2 aromatic rings. The molecule has 1 aromatic carbocycles. The zero-order chi connectivity index (χ0) is 21.7. The molecule has 0 unspecified atom stereocenters. The van der Waals surface area contributed by atoms with Crippen LogP contribution in [0.1, 0.15) is 26.7 Å². The summed E-state index contributed by atoms with van der Waals surface area (Å²) in [7, 11) is -3.91. The van der Waals surface area contributed by atoms with Gasteiger partial charge in [-0.2, -0.15) is 4.72 Å². The number of rotatable bonds is 7. The average Bonchev–Trinajstić information content (AvgIpc) is 3.23. The molecule has 3 N–H and O–H groups in total. The minimum Gasteiger partial charge on any atom is -0.357 e. The molecule has 160 valence electrons. The number of hydrogen-bond acceptors (Lipinski definition) is 6. The molecule has 0 bridgehead atoms. The van der Waals surface area contributed by atoms with Crippen molar-refractivity contribution in [1.29, 1.82) is 0 Å². The molecule has 10 heteroatoms. The molecule has 0 radical (unpaired) electrons. The second kappa shape index (κ2) is 9.23. The molecule has 1 fully saturated rings. The maximum Gasteiger partial charge on any atom is 0.242 e. The first-order valence-corrected chi connectivity index (χ1v) is 11.1. The second-order valence-electron chi connectivity index (χ2n) is 7.14. The quantitative estimate of drug-likeness (QED) is 0.616. The van der Waals surface area contributed by atoms with E-state index in [1.54, 1.807) is 12.3 Å². The smallest absolute Gasteiger partial charge is 0.242 e. The SMILES string of the molecule is CC(=O)Nc1ccc(S(=O)(=O)N[C@@H](C)C(=O)Nc2ccc(N3CCCC3)nc2)cc1. The Kier molecular flexibility index (Phi) is 6.68. The van der Waals surface area contributed by atoms with E-state index < -0.39 is 22.0 Å². The number of pyridine rings is 1. The number of aromatic nitrogens is 1. The van der Waals surface area contributed by atoms with Gasteiger partial charge in [0.2, 0.25) is 21.8 Å². The van der Waals surface area contributed by atoms with Gasteiger partial charge in [0.25, 0.3) is 0 Å². The number of amides is 2. The number of hydrogen-bond donors (Lipinski definition) is 3. The number of nitrogens with one attached hydrogen (secondary N) is 3. The summed E-state index contributed by atoms with van der Waals surface area (Å²) in [5.74, 6) is 0.114. The molecule has 30 heavy (non-hydrogen) atoms. The average molecular weight is 432 g/mol. The number of carbonyl (C=O) groups excluding carboxylic acids is 2. The van der Waals surface area contributed by atoms with Crippen LogP contribution in [0.4, 0.5) is 17.2 Å². The standard InChI is InChI=1S/C20H25N5O4S/c1-14(24-30(28,29)18-8-5-16(6-9-18)22-15(2)26)20(27)23-17-7-10-19(21-13-17)25-11-3-4-12-25/h5-10,13-14,24H,3-4,11-12H2,1-2H3,(H,22,26)(H,23,27)/t14-/m0/s1. The molecule has 1 aliphatic heterocycles. The Balaban J connectivity index is 1.59. The van der Waals surface area contributed by atoms with Gasteiger partial charge >= 0.3 is 0 Å². The molecule has 2 amide bonds. The minimum atomic E-state index is -3.91. The summed E-state index contributed by atoms with van der Waals surface area (Å²) < 4.78 is 27.4. The number of anilines is 3. The lowest BCUT2D eigenvalue weighted by Crippen LogP contribution is -2.41. The van der Waals surface area contributed by atoms with Crippen molar-refractivity contribution in [3.63, 3.8) is 0 Å². The molecule has 9 nitrogen and oxygen atoms in total. The van der Waals surface area contributed by atoms with Gasteiger partial charge in [0, 0.05) is 25.7 Å². The van der Waals surface area contributed by atoms with E-state index in [1.807, 2.05) is 6.07 Å². The third-order valence-corrected chi connectivity index (χ3v) is 6.21. The zero-order valence-corrected chi connectivity index (χ0v) is 17.7. The fourth-order valence-corrected chi connectivity index (χ4v) is 4.32. The van der Waals surface area contributed by atoms with E-state index in [-0.39, 0.29) is 10.8 Å². The highest BCUT2D eigenvalue weighted by Crippen LogP contribution is 2.19. The summed E-state index contributed by atoms with van der Waals surface area (Å²) in [6.45, 7) is 4.78. The number of sulfonamides is 1. The largest absolute Gasteiger partial charge is 0.357 e. The normalized spacial score (nSPS) is 14.9. The van der Waals surface area contributed by atoms with Crippen LogP contribution in [-0.2, 0) is 19.6 Å². The molecule has 1 aromatic heterocycles. The van der Waals surface area contributed by atoms with E-state index in [2.05, 4.69) is 25.2 Å². The van der Waals surface area contributed by atoms with Gasteiger partial charge in [-0.1, -0.05) is 0 Å². The molecule has 1 saturated heterocycles. The van der Waals surface area contributed by atoms with Crippen molar-refractivity contribution in [1.82, 2.24) is 9.71 Å². The minimum absolute atomic E-state index is 0.00659. The van der Waals surface area contributed by atoms with Gasteiger partial charge < -0.3 is 15.5 Å². The van der Waals surface area contributed by atoms with Crippen molar-refractivity contribution in [2.45, 2.75) is 37.6 Å². The van der Waals surface area contributed by atoms with Crippen LogP contribution in [0.5, 0.6) is 0 Å². The van der Waals surface area contributed by atoms with Crippen LogP contribution in [0.25, 0.3) is 0 Å². The highest BCUT2D eigenvalue weighted by atomic mass is 32.2. The molecular formula is C20H25N5O4S. The second-order valence-corrected chi connectivity index (χ2v) is 8.85. The van der Waals surface area contributed by atoms with E-state index >= 15 is 0 Å². The summed E-state index contributed by atoms with van der Waals surface area (Å²) in [4.78, 5) is 30.0. The summed E-state index contributed by atoms with van der Waals surface area (Å²) >= 11 is 0. The predicted molar refractivity (Wildman–Crippen MR) is 115 cm³/mol. The lowest BCUT2D eigenvalue weighted by molar-refractivity contribution is -0.117. The van der Waals surface area contributed by atoms with Crippen LogP contribution in [0, 0.1) is 0 Å². The summed E-state index contributed by atoms with van der Waals surface area (Å²) in [5.41, 5.74) is 0.978. The maximum atomic E-state index is 12.5. The third-order valence-electron chi connectivity index (χ3n) is 4.66. The number of carbonyl (C=O) groups is 2. The van der Waals surface area contributed by atoms with Crippen LogP contribution in [0.3, 0.4) is 0 Å². The summed E-state index contributed by atoms with van der Waals surface area (Å²) in [6, 6.07) is 8.27. The summed E-state index contributed by atoms with van der Waals surface area (Å²) in [6.07, 6.45) is 3.86. The Morgan fingerprint density at radius 2 is 1.63 bits per heavy atom. The Labute approximate surface area is 175 Å². The maximum absolute atomic E-state index is 12.5. The Morgan fingerprint density at radius 1 is 1.00 bits per heavy atom. The van der Waals surface area contributed by atoms with Gasteiger partial charge in [-0.25, -0.2) is 13.4 Å². The van der Waals surface area contributed by atoms with Gasteiger partial charge in [0.05, 0.1) is 22.8 Å². The van der Waals surface area contributed by atoms with Crippen molar-refractivity contribution in [3.05, 3.63) is 42.6 Å². The molecule has 1 aliphatic rings. The molecule has 0 aliphatic carbocycles. The van der Waals surface area contributed by atoms with Crippen molar-refractivity contribution >= 4 is 39.0 Å². The first-order chi connectivity index (χ1) is 14.2. The van der Waals surface area contributed by atoms with E-state index in [9.17, 15) is 18.0 Å². The summed E-state index contributed by atoms with van der Waals surface area (Å²) in [5, 5.41) is 5.23. The van der Waals surface area contributed by atoms with Gasteiger partial charge in [0.15, 0.2) is 0 Å².